The first-order chi connectivity index (χ1) is 21.3. The number of anilines is 3. The predicted octanol–water partition coefficient (Wildman–Crippen LogP) is 11.9. The highest BCUT2D eigenvalue weighted by Gasteiger charge is 2.24. The molecule has 0 aliphatic rings. The predicted molar refractivity (Wildman–Crippen MR) is 179 cm³/mol. The highest BCUT2D eigenvalue weighted by molar-refractivity contribution is 6.24. The molecule has 3 nitrogen and oxygen atoms in total. The third kappa shape index (κ3) is 3.14. The summed E-state index contributed by atoms with van der Waals surface area (Å²) in [6.45, 7) is 0. The summed E-state index contributed by atoms with van der Waals surface area (Å²) in [5.74, 6) is 0. The first kappa shape index (κ1) is 22.8. The van der Waals surface area contributed by atoms with Crippen LogP contribution in [0.1, 0.15) is 0 Å². The zero-order valence-corrected chi connectivity index (χ0v) is 23.0. The van der Waals surface area contributed by atoms with E-state index in [0.717, 1.165) is 60.9 Å². The fourth-order valence-corrected chi connectivity index (χ4v) is 7.09. The van der Waals surface area contributed by atoms with Crippen LogP contribution in [-0.2, 0) is 0 Å². The second-order valence-corrected chi connectivity index (χ2v) is 11.3. The van der Waals surface area contributed by atoms with Crippen molar-refractivity contribution < 1.29 is 8.83 Å². The van der Waals surface area contributed by atoms with Crippen LogP contribution < -0.4 is 4.90 Å². The van der Waals surface area contributed by atoms with Gasteiger partial charge in [-0.15, -0.1) is 0 Å². The summed E-state index contributed by atoms with van der Waals surface area (Å²) in [4.78, 5) is 2.31. The normalized spacial score (nSPS) is 12.2. The Hall–Kier alpha value is -5.80. The molecule has 200 valence electrons. The first-order valence-corrected chi connectivity index (χ1v) is 14.6. The number of benzene rings is 8. The van der Waals surface area contributed by atoms with Crippen LogP contribution in [0.2, 0.25) is 0 Å². The third-order valence-corrected chi connectivity index (χ3v) is 8.95. The van der Waals surface area contributed by atoms with Crippen LogP contribution in [0, 0.1) is 0 Å². The largest absolute Gasteiger partial charge is 0.454 e. The minimum Gasteiger partial charge on any atom is -0.454 e. The van der Waals surface area contributed by atoms with Crippen molar-refractivity contribution >= 4 is 93.3 Å². The second-order valence-electron chi connectivity index (χ2n) is 11.3. The quantitative estimate of drug-likeness (QED) is 0.205. The molecule has 0 atom stereocenters. The molecular formula is C40H23NO2. The molecule has 2 heterocycles. The number of fused-ring (bicyclic) bond motifs is 6. The van der Waals surface area contributed by atoms with Gasteiger partial charge in [-0.25, -0.2) is 0 Å². The summed E-state index contributed by atoms with van der Waals surface area (Å²) in [6, 6.07) is 49.4. The fraction of sp³-hybridized carbons (Fsp3) is 0. The van der Waals surface area contributed by atoms with E-state index in [0.29, 0.717) is 0 Å². The number of rotatable bonds is 3. The molecule has 43 heavy (non-hydrogen) atoms. The van der Waals surface area contributed by atoms with Gasteiger partial charge in [0, 0.05) is 27.2 Å². The van der Waals surface area contributed by atoms with Gasteiger partial charge < -0.3 is 13.7 Å². The van der Waals surface area contributed by atoms with Crippen LogP contribution in [-0.4, -0.2) is 0 Å². The molecule has 0 amide bonds. The lowest BCUT2D eigenvalue weighted by Gasteiger charge is -2.26. The van der Waals surface area contributed by atoms with Crippen LogP contribution in [0.3, 0.4) is 0 Å². The first-order valence-electron chi connectivity index (χ1n) is 14.6. The molecule has 0 spiro atoms. The molecule has 10 rings (SSSR count). The summed E-state index contributed by atoms with van der Waals surface area (Å²) in [6.07, 6.45) is 0. The zero-order chi connectivity index (χ0) is 28.1. The summed E-state index contributed by atoms with van der Waals surface area (Å²) in [7, 11) is 0. The Morgan fingerprint density at radius 2 is 0.814 bits per heavy atom. The highest BCUT2D eigenvalue weighted by Crippen LogP contribution is 2.47. The molecule has 10 aromatic rings. The van der Waals surface area contributed by atoms with Crippen molar-refractivity contribution in [3.63, 3.8) is 0 Å². The van der Waals surface area contributed by atoms with Crippen molar-refractivity contribution in [1.82, 2.24) is 0 Å². The molecule has 0 fully saturated rings. The van der Waals surface area contributed by atoms with E-state index >= 15 is 0 Å². The van der Waals surface area contributed by atoms with E-state index < -0.39 is 0 Å². The Labute approximate surface area is 246 Å². The van der Waals surface area contributed by atoms with Gasteiger partial charge in [0.1, 0.15) is 11.2 Å². The fourth-order valence-electron chi connectivity index (χ4n) is 7.09. The standard InChI is InChI=1S/C40H23NO2/c1-3-16-35-29(10-1)31-12-6-14-33(39(31)42-35)41(34-15-7-13-32-30-11-2-4-17-36(30)43-40(32)34)28-22-26-20-18-24-8-5-9-25-19-21-27(23-28)38(26)37(24)25/h1-23H. The van der Waals surface area contributed by atoms with Crippen LogP contribution in [0.25, 0.3) is 76.2 Å². The van der Waals surface area contributed by atoms with Crippen molar-refractivity contribution in [1.29, 1.82) is 0 Å². The van der Waals surface area contributed by atoms with Crippen LogP contribution in [0.4, 0.5) is 17.1 Å². The monoisotopic (exact) mass is 549 g/mol. The van der Waals surface area contributed by atoms with E-state index in [-0.39, 0.29) is 0 Å². The lowest BCUT2D eigenvalue weighted by Crippen LogP contribution is -2.10. The maximum atomic E-state index is 6.60. The summed E-state index contributed by atoms with van der Waals surface area (Å²) in [5.41, 5.74) is 6.43. The number of nitrogens with zero attached hydrogens (tertiary/aromatic N) is 1. The topological polar surface area (TPSA) is 29.5 Å². The van der Waals surface area contributed by atoms with Gasteiger partial charge in [0.05, 0.1) is 11.4 Å². The molecule has 0 saturated carbocycles. The number of furan rings is 2. The Bertz CT molecular complexity index is 2520. The number of para-hydroxylation sites is 4. The van der Waals surface area contributed by atoms with E-state index in [1.807, 2.05) is 24.3 Å². The molecule has 8 aromatic carbocycles. The minimum absolute atomic E-state index is 0.849. The third-order valence-electron chi connectivity index (χ3n) is 8.95. The summed E-state index contributed by atoms with van der Waals surface area (Å²) in [5, 5.41) is 11.9. The Morgan fingerprint density at radius 1 is 0.372 bits per heavy atom. The van der Waals surface area contributed by atoms with Crippen molar-refractivity contribution in [3.05, 3.63) is 140 Å². The molecule has 3 heteroatoms. The lowest BCUT2D eigenvalue weighted by molar-refractivity contribution is 0.666. The van der Waals surface area contributed by atoms with Gasteiger partial charge in [0.25, 0.3) is 0 Å². The van der Waals surface area contributed by atoms with Crippen LogP contribution in [0.5, 0.6) is 0 Å². The van der Waals surface area contributed by atoms with Gasteiger partial charge in [-0.3, -0.25) is 0 Å². The van der Waals surface area contributed by atoms with Gasteiger partial charge in [0.15, 0.2) is 11.2 Å². The van der Waals surface area contributed by atoms with E-state index in [2.05, 4.69) is 120 Å². The Balaban J connectivity index is 1.33. The van der Waals surface area contributed by atoms with Crippen LogP contribution >= 0.6 is 0 Å². The second kappa shape index (κ2) is 8.37. The summed E-state index contributed by atoms with van der Waals surface area (Å²) < 4.78 is 13.2. The molecular weight excluding hydrogens is 526 g/mol. The minimum atomic E-state index is 0.849. The van der Waals surface area contributed by atoms with Gasteiger partial charge >= 0.3 is 0 Å². The zero-order valence-electron chi connectivity index (χ0n) is 23.0. The molecule has 0 radical (unpaired) electrons. The molecule has 0 aliphatic heterocycles. The Kier molecular flexibility index (Phi) is 4.45. The van der Waals surface area contributed by atoms with Crippen molar-refractivity contribution in [2.24, 2.45) is 0 Å². The van der Waals surface area contributed by atoms with E-state index in [1.54, 1.807) is 0 Å². The number of hydrogen-bond acceptors (Lipinski definition) is 3. The highest BCUT2D eigenvalue weighted by atomic mass is 16.3. The van der Waals surface area contributed by atoms with Gasteiger partial charge in [0.2, 0.25) is 0 Å². The Morgan fingerprint density at radius 3 is 1.37 bits per heavy atom. The van der Waals surface area contributed by atoms with Crippen molar-refractivity contribution in [2.45, 2.75) is 0 Å². The van der Waals surface area contributed by atoms with Gasteiger partial charge in [-0.05, 0) is 68.7 Å². The lowest BCUT2D eigenvalue weighted by atomic mass is 9.93. The number of hydrogen-bond donors (Lipinski definition) is 0. The van der Waals surface area contributed by atoms with E-state index in [1.165, 1.54) is 32.3 Å². The molecule has 0 unspecified atom stereocenters. The molecule has 2 aromatic heterocycles. The smallest absolute Gasteiger partial charge is 0.159 e. The average molecular weight is 550 g/mol. The van der Waals surface area contributed by atoms with Crippen LogP contribution in [0.15, 0.2) is 148 Å². The van der Waals surface area contributed by atoms with Gasteiger partial charge in [-0.2, -0.15) is 0 Å². The van der Waals surface area contributed by atoms with E-state index in [4.69, 9.17) is 8.83 Å². The van der Waals surface area contributed by atoms with Crippen molar-refractivity contribution in [2.75, 3.05) is 4.90 Å². The molecule has 0 N–H and O–H groups in total. The average Bonchev–Trinajstić information content (AvgIpc) is 3.63. The van der Waals surface area contributed by atoms with Gasteiger partial charge in [-0.1, -0.05) is 103 Å². The summed E-state index contributed by atoms with van der Waals surface area (Å²) >= 11 is 0. The SMILES string of the molecule is c1cc2ccc3cc(N(c4cccc5c4oc4ccccc45)c4cccc5c4oc4ccccc45)cc4ccc(c1)c2c34. The molecule has 0 bridgehead atoms. The van der Waals surface area contributed by atoms with Crippen molar-refractivity contribution in [3.8, 4) is 0 Å². The molecule has 0 aliphatic carbocycles. The maximum Gasteiger partial charge on any atom is 0.159 e. The van der Waals surface area contributed by atoms with E-state index in [9.17, 15) is 0 Å². The maximum absolute atomic E-state index is 6.60. The molecule has 0 saturated heterocycles.